The molecule has 0 saturated carbocycles. The average Bonchev–Trinajstić information content (AvgIpc) is 2.04. The third kappa shape index (κ3) is 6.11. The van der Waals surface area contributed by atoms with Gasteiger partial charge >= 0.3 is 0 Å². The first-order valence-corrected chi connectivity index (χ1v) is 4.58. The van der Waals surface area contributed by atoms with Crippen LogP contribution >= 0.6 is 0 Å². The molecule has 0 saturated heterocycles. The molecule has 0 amide bonds. The van der Waals surface area contributed by atoms with Crippen molar-refractivity contribution in [2.24, 2.45) is 5.92 Å². The van der Waals surface area contributed by atoms with Crippen LogP contribution in [-0.4, -0.2) is 13.1 Å². The van der Waals surface area contributed by atoms with E-state index in [9.17, 15) is 0 Å². The molecule has 1 N–H and O–H groups in total. The molecule has 0 rings (SSSR count). The van der Waals surface area contributed by atoms with Crippen molar-refractivity contribution in [1.82, 2.24) is 5.32 Å². The molecule has 66 valence electrons. The highest BCUT2D eigenvalue weighted by Gasteiger charge is 1.96. The molecule has 1 atom stereocenters. The zero-order chi connectivity index (χ0) is 8.69. The minimum atomic E-state index is 0.791. The maximum atomic E-state index is 3.93. The van der Waals surface area contributed by atoms with E-state index in [4.69, 9.17) is 0 Å². The average molecular weight is 155 g/mol. The van der Waals surface area contributed by atoms with Crippen LogP contribution in [0.2, 0.25) is 0 Å². The van der Waals surface area contributed by atoms with Crippen LogP contribution in [0.3, 0.4) is 0 Å². The SMILES string of the molecule is C=C(CC)CNCC(C)CC. The molecule has 0 radical (unpaired) electrons. The normalized spacial score (nSPS) is 13.0. The Kier molecular flexibility index (Phi) is 6.24. The third-order valence-corrected chi connectivity index (χ3v) is 2.06. The van der Waals surface area contributed by atoms with Crippen LogP contribution in [-0.2, 0) is 0 Å². The lowest BCUT2D eigenvalue weighted by Crippen LogP contribution is -2.22. The fourth-order valence-corrected chi connectivity index (χ4v) is 0.765. The van der Waals surface area contributed by atoms with Gasteiger partial charge in [-0.25, -0.2) is 0 Å². The van der Waals surface area contributed by atoms with Crippen molar-refractivity contribution in [1.29, 1.82) is 0 Å². The summed E-state index contributed by atoms with van der Waals surface area (Å²) in [5.74, 6) is 0.791. The third-order valence-electron chi connectivity index (χ3n) is 2.06. The van der Waals surface area contributed by atoms with Crippen molar-refractivity contribution in [2.75, 3.05) is 13.1 Å². The summed E-state index contributed by atoms with van der Waals surface area (Å²) in [6, 6.07) is 0. The van der Waals surface area contributed by atoms with Gasteiger partial charge in [-0.15, -0.1) is 0 Å². The van der Waals surface area contributed by atoms with E-state index < -0.39 is 0 Å². The second-order valence-electron chi connectivity index (χ2n) is 3.25. The van der Waals surface area contributed by atoms with Crippen molar-refractivity contribution >= 4 is 0 Å². The molecule has 0 spiro atoms. The summed E-state index contributed by atoms with van der Waals surface area (Å²) in [6.07, 6.45) is 2.35. The Bertz CT molecular complexity index is 107. The van der Waals surface area contributed by atoms with Crippen LogP contribution in [0.1, 0.15) is 33.6 Å². The first-order chi connectivity index (χ1) is 5.20. The molecule has 0 heterocycles. The van der Waals surface area contributed by atoms with E-state index in [1.54, 1.807) is 0 Å². The van der Waals surface area contributed by atoms with Crippen LogP contribution in [0.5, 0.6) is 0 Å². The molecule has 1 nitrogen and oxygen atoms in total. The fourth-order valence-electron chi connectivity index (χ4n) is 0.765. The van der Waals surface area contributed by atoms with Gasteiger partial charge in [0.1, 0.15) is 0 Å². The quantitative estimate of drug-likeness (QED) is 0.581. The maximum absolute atomic E-state index is 3.93. The number of hydrogen-bond acceptors (Lipinski definition) is 1. The fraction of sp³-hybridized carbons (Fsp3) is 0.800. The van der Waals surface area contributed by atoms with Crippen LogP contribution in [0.15, 0.2) is 12.2 Å². The highest BCUT2D eigenvalue weighted by molar-refractivity contribution is 4.94. The van der Waals surface area contributed by atoms with E-state index in [0.717, 1.165) is 25.4 Å². The van der Waals surface area contributed by atoms with Crippen LogP contribution < -0.4 is 5.32 Å². The second kappa shape index (κ2) is 6.41. The van der Waals surface area contributed by atoms with Crippen LogP contribution in [0, 0.1) is 5.92 Å². The molecule has 0 aliphatic heterocycles. The monoisotopic (exact) mass is 155 g/mol. The Balaban J connectivity index is 3.20. The minimum Gasteiger partial charge on any atom is -0.313 e. The van der Waals surface area contributed by atoms with E-state index in [2.05, 4.69) is 32.7 Å². The van der Waals surface area contributed by atoms with Gasteiger partial charge < -0.3 is 5.32 Å². The Morgan fingerprint density at radius 2 is 2.09 bits per heavy atom. The van der Waals surface area contributed by atoms with Gasteiger partial charge in [0, 0.05) is 6.54 Å². The molecule has 0 aromatic rings. The molecule has 1 heteroatoms. The molecule has 0 bridgehead atoms. The van der Waals surface area contributed by atoms with E-state index in [1.807, 2.05) is 0 Å². The summed E-state index contributed by atoms with van der Waals surface area (Å²) in [5.41, 5.74) is 1.30. The smallest absolute Gasteiger partial charge is 0.0161 e. The van der Waals surface area contributed by atoms with E-state index in [0.29, 0.717) is 0 Å². The first-order valence-electron chi connectivity index (χ1n) is 4.58. The summed E-state index contributed by atoms with van der Waals surface area (Å²) in [7, 11) is 0. The lowest BCUT2D eigenvalue weighted by atomic mass is 10.1. The Hall–Kier alpha value is -0.300. The summed E-state index contributed by atoms with van der Waals surface area (Å²) >= 11 is 0. The minimum absolute atomic E-state index is 0.791. The molecular formula is C10H21N. The van der Waals surface area contributed by atoms with Gasteiger partial charge in [-0.1, -0.05) is 39.3 Å². The van der Waals surface area contributed by atoms with Crippen LogP contribution in [0.4, 0.5) is 0 Å². The summed E-state index contributed by atoms with van der Waals surface area (Å²) in [5, 5.41) is 3.39. The molecule has 0 aromatic heterocycles. The topological polar surface area (TPSA) is 12.0 Å². The molecule has 1 unspecified atom stereocenters. The van der Waals surface area contributed by atoms with E-state index in [1.165, 1.54) is 12.0 Å². The van der Waals surface area contributed by atoms with Gasteiger partial charge in [0.05, 0.1) is 0 Å². The molecule has 0 fully saturated rings. The summed E-state index contributed by atoms with van der Waals surface area (Å²) in [6.45, 7) is 12.7. The largest absolute Gasteiger partial charge is 0.313 e. The number of rotatable bonds is 6. The van der Waals surface area contributed by atoms with Gasteiger partial charge in [-0.2, -0.15) is 0 Å². The number of hydrogen-bond donors (Lipinski definition) is 1. The highest BCUT2D eigenvalue weighted by Crippen LogP contribution is 1.98. The molecule has 0 aliphatic carbocycles. The van der Waals surface area contributed by atoms with Crippen molar-refractivity contribution in [3.05, 3.63) is 12.2 Å². The Labute approximate surface area is 70.9 Å². The van der Waals surface area contributed by atoms with Crippen molar-refractivity contribution in [3.63, 3.8) is 0 Å². The summed E-state index contributed by atoms with van der Waals surface area (Å²) < 4.78 is 0. The highest BCUT2D eigenvalue weighted by atomic mass is 14.9. The molecule has 0 aliphatic rings. The zero-order valence-electron chi connectivity index (χ0n) is 8.11. The van der Waals surface area contributed by atoms with Gasteiger partial charge in [0.15, 0.2) is 0 Å². The van der Waals surface area contributed by atoms with Gasteiger partial charge in [-0.3, -0.25) is 0 Å². The van der Waals surface area contributed by atoms with Crippen molar-refractivity contribution in [3.8, 4) is 0 Å². The molecule has 0 aromatic carbocycles. The Morgan fingerprint density at radius 1 is 1.45 bits per heavy atom. The van der Waals surface area contributed by atoms with Gasteiger partial charge in [0.2, 0.25) is 0 Å². The lowest BCUT2D eigenvalue weighted by Gasteiger charge is -2.10. The van der Waals surface area contributed by atoms with E-state index >= 15 is 0 Å². The maximum Gasteiger partial charge on any atom is 0.0161 e. The standard InChI is InChI=1S/C10H21N/c1-5-9(3)7-11-8-10(4)6-2/h10-11H,3,5-8H2,1-2,4H3. The van der Waals surface area contributed by atoms with E-state index in [-0.39, 0.29) is 0 Å². The Morgan fingerprint density at radius 3 is 2.55 bits per heavy atom. The molecule has 11 heavy (non-hydrogen) atoms. The zero-order valence-corrected chi connectivity index (χ0v) is 8.11. The second-order valence-corrected chi connectivity index (χ2v) is 3.25. The molecular weight excluding hydrogens is 134 g/mol. The predicted molar refractivity (Wildman–Crippen MR) is 51.8 cm³/mol. The lowest BCUT2D eigenvalue weighted by molar-refractivity contribution is 0.512. The number of nitrogens with one attached hydrogen (secondary N) is 1. The summed E-state index contributed by atoms with van der Waals surface area (Å²) in [4.78, 5) is 0. The van der Waals surface area contributed by atoms with Crippen molar-refractivity contribution in [2.45, 2.75) is 33.6 Å². The van der Waals surface area contributed by atoms with Crippen molar-refractivity contribution < 1.29 is 0 Å². The van der Waals surface area contributed by atoms with Crippen LogP contribution in [0.25, 0.3) is 0 Å². The van der Waals surface area contributed by atoms with Gasteiger partial charge in [0.25, 0.3) is 0 Å². The van der Waals surface area contributed by atoms with Gasteiger partial charge in [-0.05, 0) is 18.9 Å². The predicted octanol–water partition coefficient (Wildman–Crippen LogP) is 2.59. The first kappa shape index (κ1) is 10.7.